The average molecular weight is 515 g/mol. The number of amides is 1. The minimum absolute atomic E-state index is 0.0360. The van der Waals surface area contributed by atoms with Crippen LogP contribution in [0.4, 0.5) is 0 Å². The second-order valence-electron chi connectivity index (χ2n) is 9.96. The van der Waals surface area contributed by atoms with Gasteiger partial charge < -0.3 is 14.6 Å². The number of benzene rings is 2. The van der Waals surface area contributed by atoms with E-state index < -0.39 is 0 Å². The van der Waals surface area contributed by atoms with Crippen molar-refractivity contribution >= 4 is 33.9 Å². The molecule has 1 saturated heterocycles. The Hall–Kier alpha value is -4.23. The molecule has 3 heterocycles. The molecule has 0 unspecified atom stereocenters. The van der Waals surface area contributed by atoms with Gasteiger partial charge in [-0.2, -0.15) is 14.7 Å². The maximum Gasteiger partial charge on any atom is 0.373 e. The number of ether oxygens (including phenoxy) is 1. The maximum atomic E-state index is 13.6. The molecule has 0 atom stereocenters. The summed E-state index contributed by atoms with van der Waals surface area (Å²) in [4.78, 5) is 47.5. The van der Waals surface area contributed by atoms with Gasteiger partial charge >= 0.3 is 6.15 Å². The molecule has 1 N–H and O–H groups in total. The largest absolute Gasteiger partial charge is 0.490 e. The van der Waals surface area contributed by atoms with Crippen molar-refractivity contribution in [1.29, 1.82) is 0 Å². The number of likely N-dealkylation sites (tertiary alicyclic amines) is 1. The molecule has 4 aromatic rings. The van der Waals surface area contributed by atoms with Crippen LogP contribution < -0.4 is 10.3 Å². The molecule has 9 nitrogen and oxygen atoms in total. The zero-order valence-corrected chi connectivity index (χ0v) is 21.3. The number of aromatic amines is 1. The van der Waals surface area contributed by atoms with Gasteiger partial charge in [-0.15, -0.1) is 0 Å². The van der Waals surface area contributed by atoms with Gasteiger partial charge in [-0.05, 0) is 49.6 Å². The van der Waals surface area contributed by atoms with Crippen LogP contribution in [0.1, 0.15) is 60.5 Å². The predicted molar refractivity (Wildman–Crippen MR) is 141 cm³/mol. The molecule has 38 heavy (non-hydrogen) atoms. The van der Waals surface area contributed by atoms with Crippen LogP contribution in [0.15, 0.2) is 53.5 Å². The van der Waals surface area contributed by atoms with Crippen LogP contribution in [0.25, 0.3) is 21.8 Å². The minimum atomic E-state index is -0.129. The van der Waals surface area contributed by atoms with E-state index in [9.17, 15) is 9.59 Å². The standard InChI is InChI=1S/C28H30N4O3.CO2/c1-18-15-25-23(26-24(27(33)30-25)17-29-32(26)19-7-5-6-8-19)16-22(18)28(34)31-13-11-21(12-14-31)35-20-9-3-2-4-10-20;2-1-3/h2-4,9-10,15-17,19,21H,5-8,11-14H2,1H3,(H,30,33);. The van der Waals surface area contributed by atoms with Gasteiger partial charge in [0.15, 0.2) is 0 Å². The van der Waals surface area contributed by atoms with Crippen molar-refractivity contribution in [2.75, 3.05) is 13.1 Å². The Kier molecular flexibility index (Phi) is 7.38. The number of hydrogen-bond acceptors (Lipinski definition) is 6. The average Bonchev–Trinajstić information content (AvgIpc) is 3.60. The number of piperidine rings is 1. The lowest BCUT2D eigenvalue weighted by Crippen LogP contribution is -2.42. The van der Waals surface area contributed by atoms with Crippen LogP contribution in [-0.2, 0) is 9.59 Å². The van der Waals surface area contributed by atoms with E-state index in [4.69, 9.17) is 14.3 Å². The predicted octanol–water partition coefficient (Wildman–Crippen LogP) is 4.40. The molecule has 6 rings (SSSR count). The molecule has 9 heteroatoms. The monoisotopic (exact) mass is 514 g/mol. The molecular weight excluding hydrogens is 484 g/mol. The highest BCUT2D eigenvalue weighted by molar-refractivity contribution is 6.07. The van der Waals surface area contributed by atoms with Crippen LogP contribution in [0.3, 0.4) is 0 Å². The fourth-order valence-electron chi connectivity index (χ4n) is 5.69. The molecule has 196 valence electrons. The summed E-state index contributed by atoms with van der Waals surface area (Å²) in [6, 6.07) is 14.1. The number of pyridine rings is 1. The number of H-pyrrole nitrogens is 1. The SMILES string of the molecule is Cc1cc2[nH]c(=O)c3cnn(C4CCCC4)c3c2cc1C(=O)N1CCC(Oc2ccccc2)CC1.O=C=O. The third-order valence-electron chi connectivity index (χ3n) is 7.58. The summed E-state index contributed by atoms with van der Waals surface area (Å²) < 4.78 is 8.13. The van der Waals surface area contributed by atoms with E-state index in [0.29, 0.717) is 30.1 Å². The van der Waals surface area contributed by atoms with E-state index in [0.717, 1.165) is 53.4 Å². The summed E-state index contributed by atoms with van der Waals surface area (Å²) in [6.45, 7) is 3.26. The highest BCUT2D eigenvalue weighted by Crippen LogP contribution is 2.34. The number of fused-ring (bicyclic) bond motifs is 3. The molecule has 1 aliphatic heterocycles. The van der Waals surface area contributed by atoms with Gasteiger partial charge in [0.25, 0.3) is 11.5 Å². The van der Waals surface area contributed by atoms with Crippen molar-refractivity contribution in [3.8, 4) is 5.75 Å². The van der Waals surface area contributed by atoms with Crippen molar-refractivity contribution in [3.63, 3.8) is 0 Å². The first-order valence-corrected chi connectivity index (χ1v) is 13.0. The lowest BCUT2D eigenvalue weighted by atomic mass is 10.0. The first-order chi connectivity index (χ1) is 18.5. The van der Waals surface area contributed by atoms with E-state index >= 15 is 0 Å². The van der Waals surface area contributed by atoms with Gasteiger partial charge in [0.2, 0.25) is 0 Å². The van der Waals surface area contributed by atoms with Gasteiger partial charge in [-0.1, -0.05) is 31.0 Å². The molecule has 0 spiro atoms. The fourth-order valence-corrected chi connectivity index (χ4v) is 5.69. The molecule has 0 radical (unpaired) electrons. The summed E-state index contributed by atoms with van der Waals surface area (Å²) >= 11 is 0. The zero-order chi connectivity index (χ0) is 26.6. The Bertz CT molecular complexity index is 1540. The van der Waals surface area contributed by atoms with Gasteiger partial charge in [0.1, 0.15) is 11.9 Å². The second kappa shape index (κ2) is 11.0. The first kappa shape index (κ1) is 25.4. The summed E-state index contributed by atoms with van der Waals surface area (Å²) in [5.41, 5.74) is 3.03. The van der Waals surface area contributed by atoms with Crippen molar-refractivity contribution in [3.05, 3.63) is 70.1 Å². The molecule has 2 aromatic heterocycles. The van der Waals surface area contributed by atoms with Gasteiger partial charge in [0, 0.05) is 36.9 Å². The van der Waals surface area contributed by atoms with Crippen molar-refractivity contribution in [2.45, 2.75) is 57.6 Å². The number of nitrogens with zero attached hydrogens (tertiary/aromatic N) is 3. The van der Waals surface area contributed by atoms with Crippen molar-refractivity contribution < 1.29 is 19.1 Å². The molecule has 2 aromatic carbocycles. The molecule has 1 saturated carbocycles. The molecule has 2 fully saturated rings. The van der Waals surface area contributed by atoms with Gasteiger partial charge in [0.05, 0.1) is 28.7 Å². The van der Waals surface area contributed by atoms with Gasteiger partial charge in [-0.3, -0.25) is 14.3 Å². The summed E-state index contributed by atoms with van der Waals surface area (Å²) in [5, 5.41) is 6.08. The van der Waals surface area contributed by atoms with E-state index in [1.54, 1.807) is 6.20 Å². The van der Waals surface area contributed by atoms with Crippen LogP contribution in [0.2, 0.25) is 0 Å². The zero-order valence-electron chi connectivity index (χ0n) is 21.3. The number of nitrogens with one attached hydrogen (secondary N) is 1. The van der Waals surface area contributed by atoms with Crippen molar-refractivity contribution in [1.82, 2.24) is 19.7 Å². The lowest BCUT2D eigenvalue weighted by molar-refractivity contribution is -0.191. The van der Waals surface area contributed by atoms with E-state index in [1.165, 1.54) is 12.8 Å². The Balaban J connectivity index is 0.000000937. The topological polar surface area (TPSA) is 114 Å². The number of para-hydroxylation sites is 1. The maximum absolute atomic E-state index is 13.6. The third-order valence-corrected chi connectivity index (χ3v) is 7.58. The Labute approximate surface area is 219 Å². The second-order valence-corrected chi connectivity index (χ2v) is 9.96. The molecule has 2 aliphatic rings. The van der Waals surface area contributed by atoms with Crippen LogP contribution in [0, 0.1) is 6.92 Å². The normalized spacial score (nSPS) is 16.3. The highest BCUT2D eigenvalue weighted by Gasteiger charge is 2.27. The smallest absolute Gasteiger partial charge is 0.373 e. The number of carbonyl (C=O) groups excluding carboxylic acids is 3. The highest BCUT2D eigenvalue weighted by atomic mass is 16.5. The minimum Gasteiger partial charge on any atom is -0.490 e. The van der Waals surface area contributed by atoms with Crippen LogP contribution >= 0.6 is 0 Å². The molecule has 1 aliphatic carbocycles. The van der Waals surface area contributed by atoms with E-state index in [2.05, 4.69) is 10.1 Å². The number of rotatable bonds is 4. The van der Waals surface area contributed by atoms with Crippen LogP contribution in [-0.4, -0.2) is 50.9 Å². The first-order valence-electron chi connectivity index (χ1n) is 13.0. The summed E-state index contributed by atoms with van der Waals surface area (Å²) in [6.07, 6.45) is 8.15. The molecule has 1 amide bonds. The third kappa shape index (κ3) is 4.97. The van der Waals surface area contributed by atoms with Crippen molar-refractivity contribution in [2.24, 2.45) is 0 Å². The van der Waals surface area contributed by atoms with E-state index in [-0.39, 0.29) is 23.7 Å². The lowest BCUT2D eigenvalue weighted by Gasteiger charge is -2.32. The fraction of sp³-hybridized carbons (Fsp3) is 0.379. The number of aryl methyl sites for hydroxylation is 1. The molecular formula is C29H30N4O5. The Morgan fingerprint density at radius 1 is 1.03 bits per heavy atom. The number of hydrogen-bond donors (Lipinski definition) is 1. The number of carbonyl (C=O) groups is 1. The summed E-state index contributed by atoms with van der Waals surface area (Å²) in [7, 11) is 0. The number of aromatic nitrogens is 3. The van der Waals surface area contributed by atoms with Crippen LogP contribution in [0.5, 0.6) is 5.75 Å². The van der Waals surface area contributed by atoms with Gasteiger partial charge in [-0.25, -0.2) is 0 Å². The Morgan fingerprint density at radius 3 is 2.39 bits per heavy atom. The molecule has 0 bridgehead atoms. The summed E-state index contributed by atoms with van der Waals surface area (Å²) in [5.74, 6) is 0.911. The quantitative estimate of drug-likeness (QED) is 0.432. The van der Waals surface area contributed by atoms with E-state index in [1.807, 2.05) is 59.0 Å². The Morgan fingerprint density at radius 2 is 1.71 bits per heavy atom.